The molecule has 0 aliphatic carbocycles. The first-order valence-electron chi connectivity index (χ1n) is 4.84. The van der Waals surface area contributed by atoms with Gasteiger partial charge in [0.05, 0.1) is 0 Å². The number of hydrogen-bond acceptors (Lipinski definition) is 3. The first kappa shape index (κ1) is 16.7. The zero-order valence-electron chi connectivity index (χ0n) is 9.64. The van der Waals surface area contributed by atoms with E-state index in [1.54, 1.807) is 19.2 Å². The van der Waals surface area contributed by atoms with Gasteiger partial charge in [-0.3, -0.25) is 4.79 Å². The van der Waals surface area contributed by atoms with Crippen LogP contribution in [0.5, 0.6) is 0 Å². The van der Waals surface area contributed by atoms with Crippen molar-refractivity contribution in [2.45, 2.75) is 19.6 Å². The molecule has 1 rings (SSSR count). The molecular weight excluding hydrogens is 271 g/mol. The number of carbonyl (C=O) groups is 2. The summed E-state index contributed by atoms with van der Waals surface area (Å²) in [7, 11) is 0. The van der Waals surface area contributed by atoms with E-state index in [1.165, 1.54) is 10.6 Å². The Morgan fingerprint density at radius 1 is 1.32 bits per heavy atom. The van der Waals surface area contributed by atoms with Gasteiger partial charge in [-0.25, -0.2) is 9.59 Å². The molecule has 0 fully saturated rings. The number of alkyl halides is 3. The van der Waals surface area contributed by atoms with E-state index in [2.05, 4.69) is 0 Å². The van der Waals surface area contributed by atoms with Gasteiger partial charge in [0.1, 0.15) is 5.56 Å². The first-order valence-corrected chi connectivity index (χ1v) is 4.84. The monoisotopic (exact) mass is 281 g/mol. The van der Waals surface area contributed by atoms with Crippen molar-refractivity contribution in [2.24, 2.45) is 0 Å². The van der Waals surface area contributed by atoms with E-state index in [9.17, 15) is 22.8 Å². The Kier molecular flexibility index (Phi) is 5.77. The zero-order chi connectivity index (χ0) is 15.2. The number of rotatable bonds is 2. The van der Waals surface area contributed by atoms with Gasteiger partial charge in [0, 0.05) is 12.7 Å². The summed E-state index contributed by atoms with van der Waals surface area (Å²) < 4.78 is 33.1. The van der Waals surface area contributed by atoms with Gasteiger partial charge in [-0.05, 0) is 19.1 Å². The number of hydrogen-bond donors (Lipinski definition) is 2. The summed E-state index contributed by atoms with van der Waals surface area (Å²) in [5.74, 6) is -3.93. The third kappa shape index (κ3) is 5.23. The molecule has 0 unspecified atom stereocenters. The van der Waals surface area contributed by atoms with Gasteiger partial charge in [0.25, 0.3) is 5.56 Å². The molecule has 9 heteroatoms. The Bertz CT molecular complexity index is 521. The normalized spacial score (nSPS) is 10.3. The van der Waals surface area contributed by atoms with E-state index in [1.807, 2.05) is 0 Å². The maximum absolute atomic E-state index is 11.2. The quantitative estimate of drug-likeness (QED) is 0.849. The van der Waals surface area contributed by atoms with Crippen LogP contribution in [0.3, 0.4) is 0 Å². The van der Waals surface area contributed by atoms with Crippen molar-refractivity contribution < 1.29 is 33.0 Å². The van der Waals surface area contributed by atoms with Crippen molar-refractivity contribution in [3.63, 3.8) is 0 Å². The van der Waals surface area contributed by atoms with Gasteiger partial charge in [0.2, 0.25) is 0 Å². The van der Waals surface area contributed by atoms with Crippen molar-refractivity contribution in [3.05, 3.63) is 34.2 Å². The van der Waals surface area contributed by atoms with E-state index in [4.69, 9.17) is 15.0 Å². The molecule has 0 aliphatic rings. The van der Waals surface area contributed by atoms with Gasteiger partial charge in [0.15, 0.2) is 0 Å². The second-order valence-electron chi connectivity index (χ2n) is 3.12. The molecule has 106 valence electrons. The van der Waals surface area contributed by atoms with E-state index in [0.29, 0.717) is 6.54 Å². The minimum Gasteiger partial charge on any atom is -0.477 e. The average molecular weight is 281 g/mol. The molecular formula is C10H10F3NO5. The minimum absolute atomic E-state index is 0.181. The summed E-state index contributed by atoms with van der Waals surface area (Å²) >= 11 is 0. The highest BCUT2D eigenvalue weighted by atomic mass is 19.4. The van der Waals surface area contributed by atoms with Gasteiger partial charge < -0.3 is 14.8 Å². The van der Waals surface area contributed by atoms with E-state index < -0.39 is 23.7 Å². The van der Waals surface area contributed by atoms with E-state index in [0.717, 1.165) is 0 Å². The van der Waals surface area contributed by atoms with Crippen LogP contribution >= 0.6 is 0 Å². The summed E-state index contributed by atoms with van der Waals surface area (Å²) in [6.45, 7) is 2.27. The highest BCUT2D eigenvalue weighted by Crippen LogP contribution is 2.13. The van der Waals surface area contributed by atoms with Crippen molar-refractivity contribution in [3.8, 4) is 0 Å². The number of pyridine rings is 1. The van der Waals surface area contributed by atoms with Crippen LogP contribution in [0.15, 0.2) is 23.1 Å². The fraction of sp³-hybridized carbons (Fsp3) is 0.300. The van der Waals surface area contributed by atoms with Crippen molar-refractivity contribution in [2.75, 3.05) is 0 Å². The number of carboxylic acid groups (broad SMARTS) is 2. The van der Waals surface area contributed by atoms with Crippen molar-refractivity contribution in [1.29, 1.82) is 0 Å². The zero-order valence-corrected chi connectivity index (χ0v) is 9.64. The number of aliphatic carboxylic acids is 1. The van der Waals surface area contributed by atoms with Gasteiger partial charge in [-0.2, -0.15) is 13.2 Å². The predicted octanol–water partition coefficient (Wildman–Crippen LogP) is 1.20. The molecule has 0 amide bonds. The SMILES string of the molecule is CCn1cccc(C(=O)O)c1=O.O=C(O)C(F)(F)F. The molecule has 19 heavy (non-hydrogen) atoms. The lowest BCUT2D eigenvalue weighted by molar-refractivity contribution is -0.192. The standard InChI is InChI=1S/C8H9NO3.C2HF3O2/c1-2-9-5-3-4-6(7(9)10)8(11)12;3-2(4,5)1(6)7/h3-5H,2H2,1H3,(H,11,12);(H,6,7). The number of aromatic nitrogens is 1. The molecule has 0 saturated heterocycles. The molecule has 0 atom stereocenters. The molecule has 1 aromatic rings. The van der Waals surface area contributed by atoms with Crippen LogP contribution in [0, 0.1) is 0 Å². The van der Waals surface area contributed by atoms with E-state index in [-0.39, 0.29) is 5.56 Å². The minimum atomic E-state index is -5.08. The molecule has 0 radical (unpaired) electrons. The molecule has 1 aromatic heterocycles. The van der Waals surface area contributed by atoms with Crippen molar-refractivity contribution in [1.82, 2.24) is 4.57 Å². The van der Waals surface area contributed by atoms with Crippen LogP contribution < -0.4 is 5.56 Å². The largest absolute Gasteiger partial charge is 0.490 e. The summed E-state index contributed by atoms with van der Waals surface area (Å²) in [5.41, 5.74) is -0.633. The topological polar surface area (TPSA) is 96.6 Å². The third-order valence-corrected chi connectivity index (χ3v) is 1.83. The Morgan fingerprint density at radius 2 is 1.79 bits per heavy atom. The number of aromatic carboxylic acids is 1. The summed E-state index contributed by atoms with van der Waals surface area (Å²) in [5, 5.41) is 15.7. The average Bonchev–Trinajstić information content (AvgIpc) is 2.28. The van der Waals surface area contributed by atoms with Crippen molar-refractivity contribution >= 4 is 11.9 Å². The fourth-order valence-electron chi connectivity index (χ4n) is 0.949. The van der Waals surface area contributed by atoms with E-state index >= 15 is 0 Å². The van der Waals surface area contributed by atoms with Crippen LogP contribution in [0.1, 0.15) is 17.3 Å². The van der Waals surface area contributed by atoms with Gasteiger partial charge >= 0.3 is 18.1 Å². The summed E-state index contributed by atoms with van der Waals surface area (Å²) in [6, 6.07) is 2.85. The Labute approximate surface area is 104 Å². The fourth-order valence-corrected chi connectivity index (χ4v) is 0.949. The second-order valence-corrected chi connectivity index (χ2v) is 3.12. The third-order valence-electron chi connectivity index (χ3n) is 1.83. The number of aryl methyl sites for hydroxylation is 1. The van der Waals surface area contributed by atoms with Crippen LogP contribution in [0.4, 0.5) is 13.2 Å². The Hall–Kier alpha value is -2.32. The molecule has 0 spiro atoms. The van der Waals surface area contributed by atoms with Crippen LogP contribution in [0.2, 0.25) is 0 Å². The first-order chi connectivity index (χ1) is 8.61. The molecule has 0 saturated carbocycles. The van der Waals surface area contributed by atoms with Gasteiger partial charge in [-0.1, -0.05) is 0 Å². The molecule has 0 aliphatic heterocycles. The Balaban J connectivity index is 0.000000399. The molecule has 0 bridgehead atoms. The number of nitrogens with zero attached hydrogens (tertiary/aromatic N) is 1. The lowest BCUT2D eigenvalue weighted by Gasteiger charge is -2.00. The highest BCUT2D eigenvalue weighted by molar-refractivity contribution is 5.86. The summed E-state index contributed by atoms with van der Waals surface area (Å²) in [4.78, 5) is 30.6. The number of halogens is 3. The lowest BCUT2D eigenvalue weighted by atomic mass is 10.3. The molecule has 2 N–H and O–H groups in total. The van der Waals surface area contributed by atoms with Gasteiger partial charge in [-0.15, -0.1) is 0 Å². The summed E-state index contributed by atoms with van der Waals surface area (Å²) in [6.07, 6.45) is -3.52. The highest BCUT2D eigenvalue weighted by Gasteiger charge is 2.38. The smallest absolute Gasteiger partial charge is 0.477 e. The maximum atomic E-state index is 11.2. The van der Waals surface area contributed by atoms with Crippen LogP contribution in [-0.4, -0.2) is 32.9 Å². The van der Waals surface area contributed by atoms with Crippen LogP contribution in [0.25, 0.3) is 0 Å². The second kappa shape index (κ2) is 6.57. The number of carboxylic acids is 2. The Morgan fingerprint density at radius 3 is 2.11 bits per heavy atom. The van der Waals surface area contributed by atoms with Crippen LogP contribution in [-0.2, 0) is 11.3 Å². The lowest BCUT2D eigenvalue weighted by Crippen LogP contribution is -2.24. The predicted molar refractivity (Wildman–Crippen MR) is 57.0 cm³/mol. The maximum Gasteiger partial charge on any atom is 0.490 e. The molecule has 6 nitrogen and oxygen atoms in total. The molecule has 0 aromatic carbocycles. The molecule has 1 heterocycles.